The van der Waals surface area contributed by atoms with E-state index in [0.717, 1.165) is 12.0 Å². The van der Waals surface area contributed by atoms with E-state index in [0.29, 0.717) is 36.3 Å². The maximum atomic E-state index is 13.4. The van der Waals surface area contributed by atoms with E-state index in [2.05, 4.69) is 9.82 Å². The number of aromatic nitrogens is 2. The van der Waals surface area contributed by atoms with Crippen LogP contribution in [0.2, 0.25) is 0 Å². The Morgan fingerprint density at radius 1 is 0.967 bits per heavy atom. The van der Waals surface area contributed by atoms with Crippen LogP contribution in [0.15, 0.2) is 53.4 Å². The molecular weight excluding hydrogens is 415 g/mol. The molecule has 4 rings (SSSR count). The zero-order valence-corrected chi connectivity index (χ0v) is 17.0. The first-order valence-electron chi connectivity index (χ1n) is 9.53. The molecule has 3 aromatic rings. The summed E-state index contributed by atoms with van der Waals surface area (Å²) in [5.74, 6) is 0. The third kappa shape index (κ3) is 3.94. The van der Waals surface area contributed by atoms with Gasteiger partial charge < -0.3 is 0 Å². The van der Waals surface area contributed by atoms with Crippen LogP contribution in [0, 0.1) is 6.92 Å². The lowest BCUT2D eigenvalue weighted by molar-refractivity contribution is -0.142. The first-order valence-corrected chi connectivity index (χ1v) is 11.0. The Morgan fingerprint density at radius 3 is 2.23 bits per heavy atom. The summed E-state index contributed by atoms with van der Waals surface area (Å²) in [5.41, 5.74) is 1.72. The highest BCUT2D eigenvalue weighted by atomic mass is 32.2. The predicted octanol–water partition coefficient (Wildman–Crippen LogP) is 4.88. The molecule has 158 valence electrons. The molecule has 0 atom stereocenters. The van der Waals surface area contributed by atoms with Gasteiger partial charge in [-0.05, 0) is 69.0 Å². The minimum atomic E-state index is -4.50. The first-order chi connectivity index (χ1) is 14.1. The molecule has 1 heterocycles. The molecule has 1 aliphatic carbocycles. The standard InChI is InChI=1S/C21H20F3N3O2S/c1-14-6-12-17(13-7-14)30(28,29)26-15-8-10-16(11-9-15)27-19-5-3-2-4-18(19)20(25-27)21(22,23)24/h6-13,26H,2-5H2,1H3. The highest BCUT2D eigenvalue weighted by Crippen LogP contribution is 2.37. The van der Waals surface area contributed by atoms with Crippen LogP contribution in [0.5, 0.6) is 0 Å². The second-order valence-electron chi connectivity index (χ2n) is 7.36. The molecule has 0 unspecified atom stereocenters. The van der Waals surface area contributed by atoms with Crippen molar-refractivity contribution in [2.45, 2.75) is 43.7 Å². The summed E-state index contributed by atoms with van der Waals surface area (Å²) in [7, 11) is -3.76. The van der Waals surface area contributed by atoms with E-state index in [1.54, 1.807) is 24.3 Å². The van der Waals surface area contributed by atoms with Crippen molar-refractivity contribution in [1.29, 1.82) is 0 Å². The van der Waals surface area contributed by atoms with E-state index in [-0.39, 0.29) is 10.5 Å². The first kappa shape index (κ1) is 20.5. The van der Waals surface area contributed by atoms with E-state index in [9.17, 15) is 21.6 Å². The Bertz CT molecular complexity index is 1170. The Kier molecular flexibility index (Phi) is 5.09. The number of aryl methyl sites for hydroxylation is 1. The molecule has 0 amide bonds. The number of nitrogens with zero attached hydrogens (tertiary/aromatic N) is 2. The highest BCUT2D eigenvalue weighted by molar-refractivity contribution is 7.92. The summed E-state index contributed by atoms with van der Waals surface area (Å²) in [5, 5.41) is 3.85. The van der Waals surface area contributed by atoms with Crippen LogP contribution >= 0.6 is 0 Å². The van der Waals surface area contributed by atoms with Crippen LogP contribution in [-0.4, -0.2) is 18.2 Å². The Labute approximate surface area is 172 Å². The summed E-state index contributed by atoms with van der Waals surface area (Å²) < 4.78 is 69.0. The topological polar surface area (TPSA) is 64.0 Å². The number of halogens is 3. The summed E-state index contributed by atoms with van der Waals surface area (Å²) >= 11 is 0. The molecule has 1 N–H and O–H groups in total. The zero-order valence-electron chi connectivity index (χ0n) is 16.2. The quantitative estimate of drug-likeness (QED) is 0.635. The molecule has 2 aromatic carbocycles. The smallest absolute Gasteiger partial charge is 0.280 e. The minimum Gasteiger partial charge on any atom is -0.280 e. The van der Waals surface area contributed by atoms with E-state index < -0.39 is 21.9 Å². The van der Waals surface area contributed by atoms with Crippen LogP contribution in [0.3, 0.4) is 0 Å². The summed E-state index contributed by atoms with van der Waals surface area (Å²) in [6.45, 7) is 1.86. The minimum absolute atomic E-state index is 0.133. The monoisotopic (exact) mass is 435 g/mol. The summed E-state index contributed by atoms with van der Waals surface area (Å²) in [6, 6.07) is 12.6. The lowest BCUT2D eigenvalue weighted by atomic mass is 9.95. The number of hydrogen-bond donors (Lipinski definition) is 1. The van der Waals surface area contributed by atoms with Gasteiger partial charge in [0.1, 0.15) is 0 Å². The summed E-state index contributed by atoms with van der Waals surface area (Å²) in [4.78, 5) is 0.133. The lowest BCUT2D eigenvalue weighted by Gasteiger charge is -2.15. The third-order valence-corrected chi connectivity index (χ3v) is 6.54. The molecule has 0 saturated heterocycles. The number of anilines is 1. The van der Waals surface area contributed by atoms with Crippen LogP contribution in [0.4, 0.5) is 18.9 Å². The van der Waals surface area contributed by atoms with Gasteiger partial charge in [0.25, 0.3) is 10.0 Å². The average Bonchev–Trinajstić information content (AvgIpc) is 3.09. The average molecular weight is 435 g/mol. The molecule has 0 spiro atoms. The number of hydrogen-bond acceptors (Lipinski definition) is 3. The fourth-order valence-corrected chi connectivity index (χ4v) is 4.70. The van der Waals surface area contributed by atoms with Crippen molar-refractivity contribution in [2.24, 2.45) is 0 Å². The maximum Gasteiger partial charge on any atom is 0.435 e. The third-order valence-electron chi connectivity index (χ3n) is 5.14. The molecule has 9 heteroatoms. The maximum absolute atomic E-state index is 13.4. The molecular formula is C21H20F3N3O2S. The van der Waals surface area contributed by atoms with Crippen molar-refractivity contribution in [2.75, 3.05) is 4.72 Å². The second kappa shape index (κ2) is 7.46. The number of rotatable bonds is 4. The van der Waals surface area contributed by atoms with Gasteiger partial charge in [-0.1, -0.05) is 17.7 Å². The van der Waals surface area contributed by atoms with Crippen molar-refractivity contribution in [3.8, 4) is 5.69 Å². The van der Waals surface area contributed by atoms with Gasteiger partial charge in [0.2, 0.25) is 0 Å². The van der Waals surface area contributed by atoms with Gasteiger partial charge in [0.05, 0.1) is 10.6 Å². The largest absolute Gasteiger partial charge is 0.435 e. The Hall–Kier alpha value is -2.81. The molecule has 30 heavy (non-hydrogen) atoms. The Morgan fingerprint density at radius 2 is 1.60 bits per heavy atom. The molecule has 0 saturated carbocycles. The molecule has 1 aromatic heterocycles. The molecule has 1 aliphatic rings. The molecule has 0 bridgehead atoms. The second-order valence-corrected chi connectivity index (χ2v) is 9.04. The SMILES string of the molecule is Cc1ccc(S(=O)(=O)Nc2ccc(-n3nc(C(F)(F)F)c4c3CCCC4)cc2)cc1. The fraction of sp³-hybridized carbons (Fsp3) is 0.286. The Balaban J connectivity index is 1.63. The van der Waals surface area contributed by atoms with E-state index in [4.69, 9.17) is 0 Å². The molecule has 0 fully saturated rings. The number of nitrogens with one attached hydrogen (secondary N) is 1. The van der Waals surface area contributed by atoms with Crippen molar-refractivity contribution in [3.63, 3.8) is 0 Å². The van der Waals surface area contributed by atoms with Crippen LogP contribution in [0.1, 0.15) is 35.4 Å². The highest BCUT2D eigenvalue weighted by Gasteiger charge is 2.39. The number of sulfonamides is 1. The van der Waals surface area contributed by atoms with Gasteiger partial charge >= 0.3 is 6.18 Å². The number of fused-ring (bicyclic) bond motifs is 1. The van der Waals surface area contributed by atoms with Crippen molar-refractivity contribution in [3.05, 3.63) is 71.0 Å². The zero-order chi connectivity index (χ0) is 21.5. The van der Waals surface area contributed by atoms with Gasteiger partial charge in [0, 0.05) is 16.9 Å². The van der Waals surface area contributed by atoms with Crippen molar-refractivity contribution in [1.82, 2.24) is 9.78 Å². The van der Waals surface area contributed by atoms with E-state index in [1.165, 1.54) is 28.9 Å². The van der Waals surface area contributed by atoms with E-state index in [1.807, 2.05) is 6.92 Å². The molecule has 0 radical (unpaired) electrons. The van der Waals surface area contributed by atoms with Gasteiger partial charge in [-0.3, -0.25) is 4.72 Å². The lowest BCUT2D eigenvalue weighted by Crippen LogP contribution is -2.13. The normalized spacial score (nSPS) is 14.4. The van der Waals surface area contributed by atoms with Gasteiger partial charge in [-0.25, -0.2) is 13.1 Å². The van der Waals surface area contributed by atoms with Crippen LogP contribution < -0.4 is 4.72 Å². The number of benzene rings is 2. The van der Waals surface area contributed by atoms with Gasteiger partial charge in [-0.15, -0.1) is 0 Å². The number of alkyl halides is 3. The van der Waals surface area contributed by atoms with Crippen LogP contribution in [0.25, 0.3) is 5.69 Å². The van der Waals surface area contributed by atoms with Crippen molar-refractivity contribution < 1.29 is 21.6 Å². The van der Waals surface area contributed by atoms with E-state index >= 15 is 0 Å². The van der Waals surface area contributed by atoms with Crippen molar-refractivity contribution >= 4 is 15.7 Å². The summed E-state index contributed by atoms with van der Waals surface area (Å²) in [6.07, 6.45) is -2.10. The van der Waals surface area contributed by atoms with Crippen LogP contribution in [-0.2, 0) is 29.0 Å². The fourth-order valence-electron chi connectivity index (χ4n) is 3.64. The van der Waals surface area contributed by atoms with Gasteiger partial charge in [-0.2, -0.15) is 18.3 Å². The van der Waals surface area contributed by atoms with Gasteiger partial charge in [0.15, 0.2) is 5.69 Å². The molecule has 0 aliphatic heterocycles. The predicted molar refractivity (Wildman–Crippen MR) is 107 cm³/mol. The molecule has 5 nitrogen and oxygen atoms in total.